The number of aromatic amines is 1. The Kier molecular flexibility index (Phi) is 11.4. The van der Waals surface area contributed by atoms with Crippen LogP contribution >= 0.6 is 11.8 Å². The number of carbonyl (C=O) groups is 2. The molecular formula is C27H37FN6O4S. The summed E-state index contributed by atoms with van der Waals surface area (Å²) < 4.78 is 12.8. The molecule has 0 unspecified atom stereocenters. The van der Waals surface area contributed by atoms with E-state index >= 15 is 0 Å². The Bertz CT molecular complexity index is 1240. The average Bonchev–Trinajstić information content (AvgIpc) is 2.92. The van der Waals surface area contributed by atoms with Crippen molar-refractivity contribution in [2.75, 3.05) is 28.2 Å². The number of benzene rings is 1. The third-order valence-corrected chi connectivity index (χ3v) is 7.71. The first kappa shape index (κ1) is 31.7. The number of rotatable bonds is 7. The number of halogens is 1. The molecule has 1 aliphatic rings. The zero-order valence-corrected chi connectivity index (χ0v) is 23.7. The molecule has 1 saturated carbocycles. The molecule has 39 heavy (non-hydrogen) atoms. The van der Waals surface area contributed by atoms with Gasteiger partial charge in [0, 0.05) is 39.7 Å². The molecule has 2 aromatic rings. The van der Waals surface area contributed by atoms with Gasteiger partial charge in [0.15, 0.2) is 5.75 Å². The Hall–Kier alpha value is -3.51. The maximum atomic E-state index is 12.8. The van der Waals surface area contributed by atoms with Gasteiger partial charge in [-0.1, -0.05) is 23.9 Å². The summed E-state index contributed by atoms with van der Waals surface area (Å²) in [5.41, 5.74) is 0.172. The predicted molar refractivity (Wildman–Crippen MR) is 152 cm³/mol. The number of carbonyl (C=O) groups excluding carboxylic acids is 2. The second-order valence-corrected chi connectivity index (χ2v) is 10.8. The van der Waals surface area contributed by atoms with Crippen molar-refractivity contribution in [1.82, 2.24) is 20.1 Å². The van der Waals surface area contributed by atoms with Gasteiger partial charge in [-0.25, -0.2) is 4.39 Å². The number of aromatic nitrogens is 1. The number of hydrogen-bond acceptors (Lipinski definition) is 8. The second-order valence-electron chi connectivity index (χ2n) is 9.67. The SMILES string of the molecule is CNC1(N(C)C=O)CCC(C(=O)N(C)C)CC1.Cc1[nH]cc(C(=N)SC(=N)Cc2ccc(F)cc2)c(=O)c1O. The Morgan fingerprint density at radius 1 is 1.23 bits per heavy atom. The summed E-state index contributed by atoms with van der Waals surface area (Å²) in [5.74, 6) is -0.472. The highest BCUT2D eigenvalue weighted by Gasteiger charge is 2.39. The van der Waals surface area contributed by atoms with E-state index in [1.807, 2.05) is 7.05 Å². The van der Waals surface area contributed by atoms with Crippen LogP contribution in [0.1, 0.15) is 42.5 Å². The van der Waals surface area contributed by atoms with Crippen LogP contribution in [0, 0.1) is 29.5 Å². The molecular weight excluding hydrogens is 523 g/mol. The van der Waals surface area contributed by atoms with Crippen LogP contribution in [0.5, 0.6) is 5.75 Å². The molecule has 0 radical (unpaired) electrons. The fourth-order valence-corrected chi connectivity index (χ4v) is 5.12. The van der Waals surface area contributed by atoms with Crippen LogP contribution < -0.4 is 10.7 Å². The molecule has 0 saturated heterocycles. The summed E-state index contributed by atoms with van der Waals surface area (Å²) in [5, 5.41) is 28.6. The molecule has 2 amide bonds. The van der Waals surface area contributed by atoms with Gasteiger partial charge in [0.1, 0.15) is 10.9 Å². The van der Waals surface area contributed by atoms with Crippen molar-refractivity contribution in [3.05, 3.63) is 63.3 Å². The van der Waals surface area contributed by atoms with Crippen LogP contribution in [0.2, 0.25) is 0 Å². The standard InChI is InChI=1S/C15H14FN3O2S.C12H23N3O2/c1-8-13(20)14(21)11(7-19-8)15(18)22-12(17)6-9-2-4-10(16)5-3-9;1-13-12(15(4)9-16)7-5-10(6-8-12)11(17)14(2)3/h2-5,7,17-18,20H,6H2,1H3,(H,19,21);9-10,13H,5-8H2,1-4H3. The van der Waals surface area contributed by atoms with Crippen LogP contribution in [-0.4, -0.2) is 76.1 Å². The normalized spacial score (nSPS) is 18.4. The van der Waals surface area contributed by atoms with Crippen LogP contribution in [0.3, 0.4) is 0 Å². The van der Waals surface area contributed by atoms with E-state index in [2.05, 4.69) is 10.3 Å². The maximum Gasteiger partial charge on any atom is 0.233 e. The van der Waals surface area contributed by atoms with Gasteiger partial charge in [0.05, 0.1) is 22.0 Å². The molecule has 5 N–H and O–H groups in total. The maximum absolute atomic E-state index is 12.8. The lowest BCUT2D eigenvalue weighted by Gasteiger charge is -2.44. The average molecular weight is 561 g/mol. The minimum atomic E-state index is -0.636. The first-order valence-corrected chi connectivity index (χ1v) is 13.2. The van der Waals surface area contributed by atoms with Gasteiger partial charge in [0.25, 0.3) is 0 Å². The lowest BCUT2D eigenvalue weighted by molar-refractivity contribution is -0.136. The minimum absolute atomic E-state index is 0.0111. The number of pyridine rings is 1. The molecule has 0 aliphatic heterocycles. The smallest absolute Gasteiger partial charge is 0.233 e. The van der Waals surface area contributed by atoms with E-state index < -0.39 is 11.2 Å². The minimum Gasteiger partial charge on any atom is -0.503 e. The van der Waals surface area contributed by atoms with Gasteiger partial charge < -0.3 is 19.9 Å². The number of amides is 2. The third-order valence-electron chi connectivity index (χ3n) is 6.90. The molecule has 1 aliphatic carbocycles. The van der Waals surface area contributed by atoms with E-state index in [9.17, 15) is 23.9 Å². The zero-order chi connectivity index (χ0) is 29.3. The van der Waals surface area contributed by atoms with Crippen molar-refractivity contribution < 1.29 is 19.1 Å². The molecule has 0 spiro atoms. The molecule has 0 atom stereocenters. The van der Waals surface area contributed by atoms with Crippen molar-refractivity contribution in [2.24, 2.45) is 5.92 Å². The van der Waals surface area contributed by atoms with Gasteiger partial charge in [0.2, 0.25) is 17.7 Å². The molecule has 1 aromatic heterocycles. The molecule has 3 rings (SSSR count). The summed E-state index contributed by atoms with van der Waals surface area (Å²) in [4.78, 5) is 40.7. The first-order valence-electron chi connectivity index (χ1n) is 12.4. The highest BCUT2D eigenvalue weighted by Crippen LogP contribution is 2.34. The number of aromatic hydroxyl groups is 1. The molecule has 0 bridgehead atoms. The number of nitrogens with one attached hydrogen (secondary N) is 4. The number of H-pyrrole nitrogens is 1. The number of aryl methyl sites for hydroxylation is 1. The van der Waals surface area contributed by atoms with E-state index in [4.69, 9.17) is 10.8 Å². The van der Waals surface area contributed by atoms with Gasteiger partial charge in [-0.05, 0) is 57.4 Å². The summed E-state index contributed by atoms with van der Waals surface area (Å²) in [6.07, 6.45) is 5.74. The Morgan fingerprint density at radius 3 is 2.33 bits per heavy atom. The third kappa shape index (κ3) is 8.24. The second kappa shape index (κ2) is 14.0. The van der Waals surface area contributed by atoms with E-state index in [-0.39, 0.29) is 45.4 Å². The summed E-state index contributed by atoms with van der Waals surface area (Å²) in [6, 6.07) is 5.75. The van der Waals surface area contributed by atoms with Crippen LogP contribution in [0.25, 0.3) is 0 Å². The largest absolute Gasteiger partial charge is 0.503 e. The molecule has 1 heterocycles. The Labute approximate surface area is 232 Å². The fourth-order valence-electron chi connectivity index (χ4n) is 4.37. The van der Waals surface area contributed by atoms with E-state index in [0.29, 0.717) is 5.69 Å². The van der Waals surface area contributed by atoms with Crippen molar-refractivity contribution in [3.63, 3.8) is 0 Å². The highest BCUT2D eigenvalue weighted by atomic mass is 32.2. The lowest BCUT2D eigenvalue weighted by Crippen LogP contribution is -2.58. The van der Waals surface area contributed by atoms with E-state index in [0.717, 1.165) is 49.4 Å². The Morgan fingerprint density at radius 2 is 1.82 bits per heavy atom. The molecule has 1 fully saturated rings. The monoisotopic (exact) mass is 560 g/mol. The molecule has 1 aromatic carbocycles. The van der Waals surface area contributed by atoms with Crippen LogP contribution in [0.15, 0.2) is 35.3 Å². The number of nitrogens with zero attached hydrogens (tertiary/aromatic N) is 2. The van der Waals surface area contributed by atoms with Crippen molar-refractivity contribution in [1.29, 1.82) is 10.8 Å². The highest BCUT2D eigenvalue weighted by molar-refractivity contribution is 8.26. The zero-order valence-electron chi connectivity index (χ0n) is 22.9. The van der Waals surface area contributed by atoms with E-state index in [1.165, 1.54) is 18.3 Å². The fraction of sp³-hybridized carbons (Fsp3) is 0.444. The lowest BCUT2D eigenvalue weighted by atomic mass is 9.80. The topological polar surface area (TPSA) is 153 Å². The Balaban J connectivity index is 0.000000283. The van der Waals surface area contributed by atoms with Gasteiger partial charge in [-0.3, -0.25) is 30.5 Å². The van der Waals surface area contributed by atoms with Gasteiger partial charge in [-0.15, -0.1) is 0 Å². The van der Waals surface area contributed by atoms with Crippen LogP contribution in [-0.2, 0) is 16.0 Å². The predicted octanol–water partition coefficient (Wildman–Crippen LogP) is 3.08. The van der Waals surface area contributed by atoms with Crippen LogP contribution in [0.4, 0.5) is 4.39 Å². The van der Waals surface area contributed by atoms with Crippen molar-refractivity contribution in [3.8, 4) is 5.75 Å². The van der Waals surface area contributed by atoms with E-state index in [1.54, 1.807) is 50.0 Å². The molecule has 212 valence electrons. The number of hydrogen-bond donors (Lipinski definition) is 5. The summed E-state index contributed by atoms with van der Waals surface area (Å²) in [7, 11) is 7.24. The van der Waals surface area contributed by atoms with Gasteiger partial charge in [-0.2, -0.15) is 0 Å². The summed E-state index contributed by atoms with van der Waals surface area (Å²) in [6.45, 7) is 1.55. The molecule has 12 heteroatoms. The summed E-state index contributed by atoms with van der Waals surface area (Å²) >= 11 is 0.822. The molecule has 10 nitrogen and oxygen atoms in total. The van der Waals surface area contributed by atoms with Crippen molar-refractivity contribution in [2.45, 2.75) is 44.7 Å². The number of thioether (sulfide) groups is 1. The quantitative estimate of drug-likeness (QED) is 0.152. The van der Waals surface area contributed by atoms with Gasteiger partial charge >= 0.3 is 0 Å². The van der Waals surface area contributed by atoms with Crippen molar-refractivity contribution >= 4 is 34.2 Å². The first-order chi connectivity index (χ1) is 18.3.